The summed E-state index contributed by atoms with van der Waals surface area (Å²) in [7, 11) is 1.75. The summed E-state index contributed by atoms with van der Waals surface area (Å²) in [5.74, 6) is 1.80. The molecule has 0 spiro atoms. The van der Waals surface area contributed by atoms with Crippen LogP contribution < -0.4 is 10.6 Å². The van der Waals surface area contributed by atoms with Crippen LogP contribution in [0.2, 0.25) is 0 Å². The third kappa shape index (κ3) is 6.54. The highest BCUT2D eigenvalue weighted by molar-refractivity contribution is 14.0. The van der Waals surface area contributed by atoms with Crippen molar-refractivity contribution in [3.05, 3.63) is 46.3 Å². The second-order valence-corrected chi connectivity index (χ2v) is 6.58. The minimum Gasteiger partial charge on any atom is -0.356 e. The van der Waals surface area contributed by atoms with Gasteiger partial charge < -0.3 is 15.2 Å². The highest BCUT2D eigenvalue weighted by Crippen LogP contribution is 2.13. The molecule has 2 N–H and O–H groups in total. The summed E-state index contributed by atoms with van der Waals surface area (Å²) in [5, 5.41) is 13.7. The van der Waals surface area contributed by atoms with Crippen LogP contribution >= 0.6 is 35.3 Å². The predicted molar refractivity (Wildman–Crippen MR) is 117 cm³/mol. The number of aliphatic imine (C=N–C) groups is 1. The number of pyridine rings is 1. The number of aryl methyl sites for hydroxylation is 1. The zero-order chi connectivity index (χ0) is 18.2. The van der Waals surface area contributed by atoms with Crippen LogP contribution in [0.25, 0.3) is 11.6 Å². The summed E-state index contributed by atoms with van der Waals surface area (Å²) in [6.07, 6.45) is 3.19. The van der Waals surface area contributed by atoms with E-state index in [2.05, 4.69) is 41.1 Å². The lowest BCUT2D eigenvalue weighted by Crippen LogP contribution is -2.39. The van der Waals surface area contributed by atoms with Gasteiger partial charge in [-0.25, -0.2) is 4.98 Å². The smallest absolute Gasteiger partial charge is 0.276 e. The number of thiazole rings is 1. The number of halogens is 1. The van der Waals surface area contributed by atoms with Gasteiger partial charge in [-0.3, -0.25) is 9.98 Å². The van der Waals surface area contributed by atoms with E-state index in [1.54, 1.807) is 24.6 Å². The number of hydrogen-bond acceptors (Lipinski definition) is 7. The van der Waals surface area contributed by atoms with E-state index in [9.17, 15) is 0 Å². The molecule has 3 rings (SSSR count). The summed E-state index contributed by atoms with van der Waals surface area (Å²) in [5.41, 5.74) is 1.78. The molecule has 10 heteroatoms. The first-order valence-electron chi connectivity index (χ1n) is 8.34. The molecule has 3 aromatic rings. The summed E-state index contributed by atoms with van der Waals surface area (Å²) in [6, 6.07) is 5.57. The number of nitrogens with one attached hydrogen (secondary N) is 2. The molecule has 3 aromatic heterocycles. The second kappa shape index (κ2) is 10.9. The third-order valence-corrected chi connectivity index (χ3v) is 4.38. The van der Waals surface area contributed by atoms with Crippen LogP contribution in [0.4, 0.5) is 0 Å². The van der Waals surface area contributed by atoms with E-state index in [4.69, 9.17) is 4.52 Å². The minimum atomic E-state index is 0. The fourth-order valence-corrected chi connectivity index (χ4v) is 2.94. The molecule has 8 nitrogen and oxygen atoms in total. The molecule has 0 aromatic carbocycles. The molecule has 0 aliphatic rings. The third-order valence-electron chi connectivity index (χ3n) is 3.56. The summed E-state index contributed by atoms with van der Waals surface area (Å²) >= 11 is 1.67. The van der Waals surface area contributed by atoms with E-state index < -0.39 is 0 Å². The first-order chi connectivity index (χ1) is 12.7. The molecule has 0 unspecified atom stereocenters. The monoisotopic (exact) mass is 499 g/mol. The number of hydrogen-bond donors (Lipinski definition) is 2. The first kappa shape index (κ1) is 21.2. The first-order valence-corrected chi connectivity index (χ1v) is 9.22. The van der Waals surface area contributed by atoms with Gasteiger partial charge >= 0.3 is 0 Å². The molecule has 0 atom stereocenters. The molecule has 0 aliphatic heterocycles. The van der Waals surface area contributed by atoms with Crippen molar-refractivity contribution in [2.75, 3.05) is 20.1 Å². The molecule has 0 saturated carbocycles. The van der Waals surface area contributed by atoms with Crippen molar-refractivity contribution in [1.29, 1.82) is 0 Å². The molecule has 3 heterocycles. The van der Waals surface area contributed by atoms with Crippen LogP contribution in [-0.2, 0) is 12.8 Å². The fraction of sp³-hybridized carbons (Fsp3) is 0.353. The molecule has 0 bridgehead atoms. The molecular formula is C17H22IN7OS. The van der Waals surface area contributed by atoms with Gasteiger partial charge in [-0.2, -0.15) is 4.98 Å². The highest BCUT2D eigenvalue weighted by Gasteiger charge is 2.09. The van der Waals surface area contributed by atoms with Crippen molar-refractivity contribution in [1.82, 2.24) is 30.7 Å². The van der Waals surface area contributed by atoms with Gasteiger partial charge in [-0.05, 0) is 19.1 Å². The van der Waals surface area contributed by atoms with E-state index in [-0.39, 0.29) is 24.0 Å². The van der Waals surface area contributed by atoms with Gasteiger partial charge in [-0.15, -0.1) is 35.3 Å². The maximum absolute atomic E-state index is 5.25. The van der Waals surface area contributed by atoms with Crippen LogP contribution in [0.5, 0.6) is 0 Å². The number of guanidine groups is 1. The Labute approximate surface area is 179 Å². The van der Waals surface area contributed by atoms with Gasteiger partial charge in [-0.1, -0.05) is 11.2 Å². The zero-order valence-electron chi connectivity index (χ0n) is 15.2. The van der Waals surface area contributed by atoms with Gasteiger partial charge in [0.2, 0.25) is 0 Å². The molecule has 0 aliphatic carbocycles. The van der Waals surface area contributed by atoms with Gasteiger partial charge in [0, 0.05) is 44.6 Å². The van der Waals surface area contributed by atoms with E-state index in [1.807, 2.05) is 25.1 Å². The van der Waals surface area contributed by atoms with Crippen LogP contribution in [-0.4, -0.2) is 46.2 Å². The predicted octanol–water partition coefficient (Wildman–Crippen LogP) is 2.46. The molecule has 0 saturated heterocycles. The number of nitrogens with zero attached hydrogens (tertiary/aromatic N) is 5. The van der Waals surface area contributed by atoms with Crippen molar-refractivity contribution in [3.63, 3.8) is 0 Å². The Hall–Kier alpha value is -2.08. The largest absolute Gasteiger partial charge is 0.356 e. The lowest BCUT2D eigenvalue weighted by molar-refractivity contribution is 0.421. The summed E-state index contributed by atoms with van der Waals surface area (Å²) in [4.78, 5) is 17.2. The van der Waals surface area contributed by atoms with Crippen molar-refractivity contribution in [2.24, 2.45) is 4.99 Å². The molecule has 0 amide bonds. The van der Waals surface area contributed by atoms with Crippen molar-refractivity contribution >= 4 is 41.3 Å². The Morgan fingerprint density at radius 3 is 2.67 bits per heavy atom. The quantitative estimate of drug-likeness (QED) is 0.293. The SMILES string of the molecule is CN=C(NCCc1csc(C)n1)NCCc1noc(-c2ccccn2)n1.I. The Kier molecular flexibility index (Phi) is 8.58. The number of aromatic nitrogens is 4. The Balaban J connectivity index is 0.00000261. The Bertz CT molecular complexity index is 850. The highest BCUT2D eigenvalue weighted by atomic mass is 127. The van der Waals surface area contributed by atoms with Crippen LogP contribution in [0.15, 0.2) is 39.3 Å². The molecule has 0 fully saturated rings. The average Bonchev–Trinajstić information content (AvgIpc) is 3.30. The molecule has 144 valence electrons. The van der Waals surface area contributed by atoms with Gasteiger partial charge in [0.1, 0.15) is 5.69 Å². The van der Waals surface area contributed by atoms with Gasteiger partial charge in [0.05, 0.1) is 10.7 Å². The van der Waals surface area contributed by atoms with Crippen molar-refractivity contribution in [3.8, 4) is 11.6 Å². The van der Waals surface area contributed by atoms with Gasteiger partial charge in [0.15, 0.2) is 11.8 Å². The van der Waals surface area contributed by atoms with Crippen molar-refractivity contribution < 1.29 is 4.52 Å². The van der Waals surface area contributed by atoms with E-state index in [0.717, 1.165) is 29.6 Å². The maximum atomic E-state index is 5.25. The van der Waals surface area contributed by atoms with E-state index in [1.165, 1.54) is 0 Å². The van der Waals surface area contributed by atoms with Crippen LogP contribution in [0.1, 0.15) is 16.5 Å². The zero-order valence-corrected chi connectivity index (χ0v) is 18.3. The maximum Gasteiger partial charge on any atom is 0.276 e. The molecule has 27 heavy (non-hydrogen) atoms. The summed E-state index contributed by atoms with van der Waals surface area (Å²) in [6.45, 7) is 3.44. The van der Waals surface area contributed by atoms with Crippen LogP contribution in [0.3, 0.4) is 0 Å². The lowest BCUT2D eigenvalue weighted by atomic mass is 10.3. The fourth-order valence-electron chi connectivity index (χ4n) is 2.29. The Morgan fingerprint density at radius 1 is 1.19 bits per heavy atom. The lowest BCUT2D eigenvalue weighted by Gasteiger charge is -2.10. The second-order valence-electron chi connectivity index (χ2n) is 5.51. The molecule has 0 radical (unpaired) electrons. The minimum absolute atomic E-state index is 0. The molecular weight excluding hydrogens is 477 g/mol. The van der Waals surface area contributed by atoms with E-state index in [0.29, 0.717) is 30.4 Å². The summed E-state index contributed by atoms with van der Waals surface area (Å²) < 4.78 is 5.25. The standard InChI is InChI=1S/C17H21N7OS.HI/c1-12-22-13(11-26-12)6-9-20-17(18-2)21-10-7-15-23-16(25-24-15)14-5-3-4-8-19-14;/h3-5,8,11H,6-7,9-10H2,1-2H3,(H2,18,20,21);1H. The van der Waals surface area contributed by atoms with E-state index >= 15 is 0 Å². The normalized spacial score (nSPS) is 11.1. The van der Waals surface area contributed by atoms with Crippen LogP contribution in [0, 0.1) is 6.92 Å². The number of rotatable bonds is 7. The average molecular weight is 499 g/mol. The Morgan fingerprint density at radius 2 is 2.00 bits per heavy atom. The topological polar surface area (TPSA) is 101 Å². The van der Waals surface area contributed by atoms with Gasteiger partial charge in [0.25, 0.3) is 5.89 Å². The van der Waals surface area contributed by atoms with Crippen molar-refractivity contribution in [2.45, 2.75) is 19.8 Å².